The van der Waals surface area contributed by atoms with E-state index in [9.17, 15) is 4.79 Å². The summed E-state index contributed by atoms with van der Waals surface area (Å²) in [6, 6.07) is 13.1. The summed E-state index contributed by atoms with van der Waals surface area (Å²) in [4.78, 5) is 16.1. The van der Waals surface area contributed by atoms with Crippen LogP contribution in [0.3, 0.4) is 0 Å². The molecule has 1 aromatic carbocycles. The number of aromatic nitrogens is 1. The molecular weight excluding hydrogens is 226 g/mol. The molecule has 92 valence electrons. The van der Waals surface area contributed by atoms with Crippen molar-refractivity contribution in [1.29, 1.82) is 0 Å². The van der Waals surface area contributed by atoms with Crippen molar-refractivity contribution in [3.63, 3.8) is 0 Å². The van der Waals surface area contributed by atoms with Crippen LogP contribution in [-0.2, 0) is 4.79 Å². The van der Waals surface area contributed by atoms with Crippen LogP contribution in [0.2, 0.25) is 0 Å². The number of anilines is 1. The first-order chi connectivity index (χ1) is 8.81. The lowest BCUT2D eigenvalue weighted by Gasteiger charge is -2.15. The first-order valence-corrected chi connectivity index (χ1v) is 5.77. The Bertz CT molecular complexity index is 499. The van der Waals surface area contributed by atoms with Crippen molar-refractivity contribution in [2.24, 2.45) is 5.73 Å². The zero-order valence-electron chi connectivity index (χ0n) is 9.91. The fraction of sp³-hybridized carbons (Fsp3) is 0.143. The molecule has 0 aliphatic rings. The average Bonchev–Trinajstić information content (AvgIpc) is 2.42. The van der Waals surface area contributed by atoms with Crippen molar-refractivity contribution < 1.29 is 4.79 Å². The maximum absolute atomic E-state index is 12.1. The number of carbonyl (C=O) groups excluding carboxylic acids is 1. The fourth-order valence-electron chi connectivity index (χ4n) is 1.75. The normalized spacial score (nSPS) is 11.8. The molecule has 1 amide bonds. The van der Waals surface area contributed by atoms with Gasteiger partial charge in [-0.05, 0) is 17.7 Å². The van der Waals surface area contributed by atoms with Crippen molar-refractivity contribution in [2.75, 3.05) is 11.9 Å². The van der Waals surface area contributed by atoms with E-state index in [2.05, 4.69) is 10.3 Å². The van der Waals surface area contributed by atoms with E-state index in [1.807, 2.05) is 30.3 Å². The van der Waals surface area contributed by atoms with E-state index >= 15 is 0 Å². The third-order valence-corrected chi connectivity index (χ3v) is 2.68. The molecule has 0 fully saturated rings. The van der Waals surface area contributed by atoms with Crippen LogP contribution in [0.4, 0.5) is 5.69 Å². The molecule has 0 spiro atoms. The first-order valence-electron chi connectivity index (χ1n) is 5.77. The highest BCUT2D eigenvalue weighted by molar-refractivity contribution is 5.95. The Hall–Kier alpha value is -2.20. The minimum Gasteiger partial charge on any atom is -0.329 e. The minimum atomic E-state index is -0.341. The second kappa shape index (κ2) is 5.93. The molecule has 1 atom stereocenters. The van der Waals surface area contributed by atoms with E-state index in [1.165, 1.54) is 0 Å². The van der Waals surface area contributed by atoms with Gasteiger partial charge in [-0.15, -0.1) is 0 Å². The number of hydrogen-bond donors (Lipinski definition) is 2. The number of nitrogens with two attached hydrogens (primary N) is 1. The SMILES string of the molecule is NCC(C(=O)Nc1cccnc1)c1ccccc1. The predicted molar refractivity (Wildman–Crippen MR) is 71.1 cm³/mol. The molecule has 0 saturated carbocycles. The van der Waals surface area contributed by atoms with Crippen LogP contribution < -0.4 is 11.1 Å². The first kappa shape index (κ1) is 12.3. The molecular formula is C14H15N3O. The Balaban J connectivity index is 2.12. The van der Waals surface area contributed by atoms with Gasteiger partial charge in [0, 0.05) is 12.7 Å². The topological polar surface area (TPSA) is 68.0 Å². The lowest BCUT2D eigenvalue weighted by Crippen LogP contribution is -2.27. The van der Waals surface area contributed by atoms with E-state index in [1.54, 1.807) is 24.5 Å². The maximum atomic E-state index is 12.1. The Kier molecular flexibility index (Phi) is 4.04. The highest BCUT2D eigenvalue weighted by atomic mass is 16.1. The molecule has 0 bridgehead atoms. The van der Waals surface area contributed by atoms with Gasteiger partial charge < -0.3 is 11.1 Å². The van der Waals surface area contributed by atoms with Gasteiger partial charge in [-0.25, -0.2) is 0 Å². The fourth-order valence-corrected chi connectivity index (χ4v) is 1.75. The molecule has 4 heteroatoms. The molecule has 1 unspecified atom stereocenters. The van der Waals surface area contributed by atoms with Crippen LogP contribution in [0.15, 0.2) is 54.9 Å². The van der Waals surface area contributed by atoms with E-state index < -0.39 is 0 Å². The molecule has 0 saturated heterocycles. The van der Waals surface area contributed by atoms with Crippen LogP contribution in [-0.4, -0.2) is 17.4 Å². The van der Waals surface area contributed by atoms with Gasteiger partial charge in [-0.1, -0.05) is 30.3 Å². The number of benzene rings is 1. The number of rotatable bonds is 4. The monoisotopic (exact) mass is 241 g/mol. The Morgan fingerprint density at radius 3 is 2.61 bits per heavy atom. The summed E-state index contributed by atoms with van der Waals surface area (Å²) >= 11 is 0. The highest BCUT2D eigenvalue weighted by Gasteiger charge is 2.18. The van der Waals surface area contributed by atoms with Gasteiger partial charge in [0.05, 0.1) is 17.8 Å². The van der Waals surface area contributed by atoms with Crippen LogP contribution in [0, 0.1) is 0 Å². The average molecular weight is 241 g/mol. The zero-order chi connectivity index (χ0) is 12.8. The van der Waals surface area contributed by atoms with Gasteiger partial charge in [-0.2, -0.15) is 0 Å². The van der Waals surface area contributed by atoms with Crippen molar-refractivity contribution in [3.05, 3.63) is 60.4 Å². The van der Waals surface area contributed by atoms with Gasteiger partial charge >= 0.3 is 0 Å². The molecule has 0 aliphatic heterocycles. The molecule has 4 nitrogen and oxygen atoms in total. The molecule has 1 heterocycles. The second-order valence-electron chi connectivity index (χ2n) is 3.93. The van der Waals surface area contributed by atoms with Gasteiger partial charge in [0.1, 0.15) is 0 Å². The molecule has 2 aromatic rings. The lowest BCUT2D eigenvalue weighted by molar-refractivity contribution is -0.117. The van der Waals surface area contributed by atoms with Gasteiger partial charge in [0.15, 0.2) is 0 Å². The number of nitrogens with zero attached hydrogens (tertiary/aromatic N) is 1. The number of pyridine rings is 1. The van der Waals surface area contributed by atoms with Gasteiger partial charge in [-0.3, -0.25) is 9.78 Å². The van der Waals surface area contributed by atoms with Crippen molar-refractivity contribution >= 4 is 11.6 Å². The summed E-state index contributed by atoms with van der Waals surface area (Å²) in [7, 11) is 0. The number of nitrogens with one attached hydrogen (secondary N) is 1. The summed E-state index contributed by atoms with van der Waals surface area (Å²) in [6.45, 7) is 0.274. The molecule has 1 aromatic heterocycles. The quantitative estimate of drug-likeness (QED) is 0.857. The maximum Gasteiger partial charge on any atom is 0.233 e. The second-order valence-corrected chi connectivity index (χ2v) is 3.93. The molecule has 0 aliphatic carbocycles. The van der Waals surface area contributed by atoms with Crippen LogP contribution in [0.5, 0.6) is 0 Å². The van der Waals surface area contributed by atoms with Crippen molar-refractivity contribution in [3.8, 4) is 0 Å². The summed E-state index contributed by atoms with van der Waals surface area (Å²) in [6.07, 6.45) is 3.27. The minimum absolute atomic E-state index is 0.114. The van der Waals surface area contributed by atoms with Crippen molar-refractivity contribution in [1.82, 2.24) is 4.98 Å². The summed E-state index contributed by atoms with van der Waals surface area (Å²) in [5.41, 5.74) is 7.28. The third kappa shape index (κ3) is 2.93. The molecule has 0 radical (unpaired) electrons. The largest absolute Gasteiger partial charge is 0.329 e. The standard InChI is InChI=1S/C14H15N3O/c15-9-13(11-5-2-1-3-6-11)14(18)17-12-7-4-8-16-10-12/h1-8,10,13H,9,15H2,(H,17,18). The van der Waals surface area contributed by atoms with E-state index in [0.29, 0.717) is 5.69 Å². The van der Waals surface area contributed by atoms with Crippen molar-refractivity contribution in [2.45, 2.75) is 5.92 Å². The summed E-state index contributed by atoms with van der Waals surface area (Å²) < 4.78 is 0. The van der Waals surface area contributed by atoms with Crippen LogP contribution in [0.25, 0.3) is 0 Å². The molecule has 18 heavy (non-hydrogen) atoms. The van der Waals surface area contributed by atoms with E-state index in [4.69, 9.17) is 5.73 Å². The molecule has 2 rings (SSSR count). The number of carbonyl (C=O) groups is 1. The summed E-state index contributed by atoms with van der Waals surface area (Å²) in [5, 5.41) is 2.81. The molecule has 3 N–H and O–H groups in total. The third-order valence-electron chi connectivity index (χ3n) is 2.68. The smallest absolute Gasteiger partial charge is 0.233 e. The van der Waals surface area contributed by atoms with Crippen LogP contribution >= 0.6 is 0 Å². The number of amides is 1. The predicted octanol–water partition coefficient (Wildman–Crippen LogP) is 1.76. The zero-order valence-corrected chi connectivity index (χ0v) is 9.91. The number of hydrogen-bond acceptors (Lipinski definition) is 3. The van der Waals surface area contributed by atoms with E-state index in [0.717, 1.165) is 5.56 Å². The Morgan fingerprint density at radius 1 is 1.22 bits per heavy atom. The summed E-state index contributed by atoms with van der Waals surface area (Å²) in [5.74, 6) is -0.455. The van der Waals surface area contributed by atoms with Gasteiger partial charge in [0.25, 0.3) is 0 Å². The lowest BCUT2D eigenvalue weighted by atomic mass is 9.98. The van der Waals surface area contributed by atoms with E-state index in [-0.39, 0.29) is 18.4 Å². The highest BCUT2D eigenvalue weighted by Crippen LogP contribution is 2.16. The Morgan fingerprint density at radius 2 is 2.00 bits per heavy atom. The Labute approximate surface area is 106 Å². The van der Waals surface area contributed by atoms with Crippen LogP contribution in [0.1, 0.15) is 11.5 Å². The van der Waals surface area contributed by atoms with Gasteiger partial charge in [0.2, 0.25) is 5.91 Å².